The topological polar surface area (TPSA) is 12.0 Å². The van der Waals surface area contributed by atoms with Gasteiger partial charge in [-0.3, -0.25) is 0 Å². The molecule has 1 nitrogen and oxygen atoms in total. The van der Waals surface area contributed by atoms with E-state index in [1.54, 1.807) is 12.1 Å². The lowest BCUT2D eigenvalue weighted by Gasteiger charge is -2.49. The number of aryl methyl sites for hydroxylation is 1. The van der Waals surface area contributed by atoms with Crippen LogP contribution in [0, 0.1) is 5.82 Å². The average molecular weight is 446 g/mol. The Morgan fingerprint density at radius 2 is 1.87 bits per heavy atom. The summed E-state index contributed by atoms with van der Waals surface area (Å²) < 4.78 is 67.9. The van der Waals surface area contributed by atoms with Gasteiger partial charge >= 0.3 is 6.18 Å². The van der Waals surface area contributed by atoms with Gasteiger partial charge in [0.2, 0.25) is 5.67 Å². The Bertz CT molecular complexity index is 911. The average Bonchev–Trinajstić information content (AvgIpc) is 2.66. The Kier molecular flexibility index (Phi) is 6.23. The lowest BCUT2D eigenvalue weighted by atomic mass is 9.60. The highest BCUT2D eigenvalue weighted by molar-refractivity contribution is 5.85. The van der Waals surface area contributed by atoms with E-state index in [1.807, 2.05) is 6.07 Å². The summed E-state index contributed by atoms with van der Waals surface area (Å²) in [5, 5.41) is 3.56. The van der Waals surface area contributed by atoms with Crippen LogP contribution in [0.15, 0.2) is 42.5 Å². The predicted octanol–water partition coefficient (Wildman–Crippen LogP) is 6.17. The van der Waals surface area contributed by atoms with Gasteiger partial charge in [0.25, 0.3) is 0 Å². The number of hydrogen-bond acceptors (Lipinski definition) is 1. The van der Waals surface area contributed by atoms with Crippen LogP contribution in [-0.2, 0) is 23.9 Å². The van der Waals surface area contributed by atoms with Crippen molar-refractivity contribution in [1.29, 1.82) is 0 Å². The number of rotatable bonds is 3. The van der Waals surface area contributed by atoms with Gasteiger partial charge in [-0.2, -0.15) is 13.2 Å². The molecule has 3 unspecified atom stereocenters. The van der Waals surface area contributed by atoms with E-state index in [4.69, 9.17) is 0 Å². The first-order valence-electron chi connectivity index (χ1n) is 10.0. The van der Waals surface area contributed by atoms with Crippen molar-refractivity contribution in [3.8, 4) is 0 Å². The largest absolute Gasteiger partial charge is 0.426 e. The highest BCUT2D eigenvalue weighted by atomic mass is 35.5. The second-order valence-electron chi connectivity index (χ2n) is 8.48. The third kappa shape index (κ3) is 3.84. The second-order valence-corrected chi connectivity index (χ2v) is 8.48. The first-order valence-corrected chi connectivity index (χ1v) is 10.0. The number of alkyl halides is 4. The molecule has 3 atom stereocenters. The van der Waals surface area contributed by atoms with Crippen LogP contribution in [0.3, 0.4) is 0 Å². The molecule has 2 aliphatic rings. The molecule has 0 spiro atoms. The van der Waals surface area contributed by atoms with Crippen molar-refractivity contribution in [2.24, 2.45) is 0 Å². The molecule has 7 heteroatoms. The molecule has 1 aliphatic heterocycles. The molecule has 0 radical (unpaired) electrons. The standard InChI is InChI=1S/C23H24F5N.ClH/c1-21(25,23(26,27)28)17-7-8-19-16(13-17)6-9-20-22(19,10-3-11-29-20)14-15-4-2-5-18(24)12-15;/h2,4-5,7-8,12-13,20,29H,3,6,9-11,14H2,1H3;1H. The third-order valence-corrected chi connectivity index (χ3v) is 6.68. The minimum absolute atomic E-state index is 0. The van der Waals surface area contributed by atoms with Crippen LogP contribution in [0.4, 0.5) is 22.0 Å². The lowest BCUT2D eigenvalue weighted by molar-refractivity contribution is -0.228. The summed E-state index contributed by atoms with van der Waals surface area (Å²) in [6.45, 7) is 1.46. The fraction of sp³-hybridized carbons (Fsp3) is 0.478. The Labute approximate surface area is 179 Å². The van der Waals surface area contributed by atoms with Crippen LogP contribution in [0.25, 0.3) is 0 Å². The van der Waals surface area contributed by atoms with E-state index in [0.29, 0.717) is 19.8 Å². The van der Waals surface area contributed by atoms with Crippen molar-refractivity contribution in [3.63, 3.8) is 0 Å². The van der Waals surface area contributed by atoms with Gasteiger partial charge in [-0.1, -0.05) is 30.3 Å². The zero-order chi connectivity index (χ0) is 20.9. The summed E-state index contributed by atoms with van der Waals surface area (Å²) >= 11 is 0. The Balaban J connectivity index is 0.00000256. The van der Waals surface area contributed by atoms with E-state index in [-0.39, 0.29) is 35.2 Å². The normalized spacial score (nSPS) is 25.5. The zero-order valence-corrected chi connectivity index (χ0v) is 17.5. The van der Waals surface area contributed by atoms with Gasteiger partial charge in [0.05, 0.1) is 0 Å². The summed E-state index contributed by atoms with van der Waals surface area (Å²) in [6.07, 6.45) is -1.22. The number of piperidine rings is 1. The second kappa shape index (κ2) is 8.12. The molecule has 0 saturated carbocycles. The van der Waals surface area contributed by atoms with Crippen LogP contribution in [0.1, 0.15) is 48.4 Å². The molecule has 1 heterocycles. The molecule has 2 aromatic carbocycles. The number of hydrogen-bond donors (Lipinski definition) is 1. The van der Waals surface area contributed by atoms with Gasteiger partial charge < -0.3 is 5.32 Å². The summed E-state index contributed by atoms with van der Waals surface area (Å²) in [6, 6.07) is 11.0. The highest BCUT2D eigenvalue weighted by Gasteiger charge is 2.54. The maximum atomic E-state index is 14.5. The van der Waals surface area contributed by atoms with Gasteiger partial charge in [0.15, 0.2) is 0 Å². The number of halogens is 6. The van der Waals surface area contributed by atoms with Crippen molar-refractivity contribution in [1.82, 2.24) is 5.32 Å². The van der Waals surface area contributed by atoms with Crippen LogP contribution in [-0.4, -0.2) is 18.8 Å². The smallest absolute Gasteiger partial charge is 0.313 e. The maximum Gasteiger partial charge on any atom is 0.426 e. The number of nitrogens with one attached hydrogen (secondary N) is 1. The first kappa shape index (κ1) is 23.0. The Morgan fingerprint density at radius 1 is 1.10 bits per heavy atom. The fourth-order valence-corrected chi connectivity index (χ4v) is 5.11. The molecular weight excluding hydrogens is 421 g/mol. The van der Waals surface area contributed by atoms with E-state index in [1.165, 1.54) is 24.3 Å². The van der Waals surface area contributed by atoms with Gasteiger partial charge in [-0.15, -0.1) is 12.4 Å². The molecule has 0 bridgehead atoms. The minimum Gasteiger partial charge on any atom is -0.313 e. The quantitative estimate of drug-likeness (QED) is 0.557. The van der Waals surface area contributed by atoms with Crippen LogP contribution in [0.5, 0.6) is 0 Å². The van der Waals surface area contributed by atoms with Crippen molar-refractivity contribution in [3.05, 3.63) is 70.5 Å². The van der Waals surface area contributed by atoms with E-state index in [9.17, 15) is 22.0 Å². The molecule has 164 valence electrons. The molecule has 2 aromatic rings. The first-order chi connectivity index (χ1) is 13.6. The van der Waals surface area contributed by atoms with Gasteiger partial charge in [-0.25, -0.2) is 8.78 Å². The molecule has 30 heavy (non-hydrogen) atoms. The van der Waals surface area contributed by atoms with Crippen molar-refractivity contribution >= 4 is 12.4 Å². The minimum atomic E-state index is -4.97. The Hall–Kier alpha value is -1.66. The van der Waals surface area contributed by atoms with E-state index >= 15 is 0 Å². The van der Waals surface area contributed by atoms with E-state index in [0.717, 1.165) is 42.5 Å². The molecule has 1 fully saturated rings. The zero-order valence-electron chi connectivity index (χ0n) is 16.7. The SMILES string of the molecule is CC(F)(c1ccc2c(c1)CCC1NCCCC21Cc1cccc(F)c1)C(F)(F)F.Cl. The maximum absolute atomic E-state index is 14.5. The van der Waals surface area contributed by atoms with Crippen molar-refractivity contribution < 1.29 is 22.0 Å². The van der Waals surface area contributed by atoms with Crippen LogP contribution in [0.2, 0.25) is 0 Å². The Morgan fingerprint density at radius 3 is 2.57 bits per heavy atom. The summed E-state index contributed by atoms with van der Waals surface area (Å²) in [5.74, 6) is -0.302. The number of fused-ring (bicyclic) bond motifs is 3. The van der Waals surface area contributed by atoms with Crippen molar-refractivity contribution in [2.75, 3.05) is 6.54 Å². The van der Waals surface area contributed by atoms with Gasteiger partial charge in [0, 0.05) is 11.5 Å². The van der Waals surface area contributed by atoms with Crippen LogP contribution < -0.4 is 5.32 Å². The van der Waals surface area contributed by atoms with Crippen LogP contribution >= 0.6 is 12.4 Å². The molecule has 1 aliphatic carbocycles. The summed E-state index contributed by atoms with van der Waals surface area (Å²) in [5.41, 5.74) is -1.48. The summed E-state index contributed by atoms with van der Waals surface area (Å²) in [4.78, 5) is 0. The van der Waals surface area contributed by atoms with E-state index in [2.05, 4.69) is 5.32 Å². The fourth-order valence-electron chi connectivity index (χ4n) is 5.11. The molecule has 1 saturated heterocycles. The van der Waals surface area contributed by atoms with Gasteiger partial charge in [-0.05, 0) is 80.0 Å². The summed E-state index contributed by atoms with van der Waals surface area (Å²) in [7, 11) is 0. The molecule has 0 amide bonds. The lowest BCUT2D eigenvalue weighted by Crippen LogP contribution is -2.56. The third-order valence-electron chi connectivity index (χ3n) is 6.68. The highest BCUT2D eigenvalue weighted by Crippen LogP contribution is 2.48. The van der Waals surface area contributed by atoms with Crippen molar-refractivity contribution in [2.45, 2.75) is 62.3 Å². The molecular formula is C23H25ClF5N. The molecule has 1 N–H and O–H groups in total. The molecule has 4 rings (SSSR count). The number of benzene rings is 2. The molecule has 0 aromatic heterocycles. The monoisotopic (exact) mass is 445 g/mol. The van der Waals surface area contributed by atoms with Gasteiger partial charge in [0.1, 0.15) is 5.82 Å². The van der Waals surface area contributed by atoms with E-state index < -0.39 is 11.8 Å². The predicted molar refractivity (Wildman–Crippen MR) is 109 cm³/mol.